The number of nitrogens with one attached hydrogen (secondary N) is 2. The SMILES string of the molecule is CCNC(=NCCc1ccc(OCC)c(OCC)c1)NCCn1cnnc1CC. The maximum absolute atomic E-state index is 5.71. The summed E-state index contributed by atoms with van der Waals surface area (Å²) in [6.45, 7) is 12.4. The number of guanidine groups is 1. The zero-order valence-electron chi connectivity index (χ0n) is 18.1. The molecule has 2 N–H and O–H groups in total. The molecule has 2 rings (SSSR count). The zero-order chi connectivity index (χ0) is 20.9. The van der Waals surface area contributed by atoms with Gasteiger partial charge in [0.1, 0.15) is 12.2 Å². The van der Waals surface area contributed by atoms with Crippen molar-refractivity contribution in [3.63, 3.8) is 0 Å². The maximum Gasteiger partial charge on any atom is 0.191 e. The van der Waals surface area contributed by atoms with Crippen molar-refractivity contribution in [2.45, 2.75) is 47.1 Å². The van der Waals surface area contributed by atoms with Crippen molar-refractivity contribution in [2.24, 2.45) is 4.99 Å². The minimum atomic E-state index is 0.613. The number of benzene rings is 1. The van der Waals surface area contributed by atoms with Gasteiger partial charge in [-0.1, -0.05) is 13.0 Å². The third kappa shape index (κ3) is 7.29. The highest BCUT2D eigenvalue weighted by Crippen LogP contribution is 2.28. The van der Waals surface area contributed by atoms with Crippen LogP contribution in [0, 0.1) is 0 Å². The molecule has 8 heteroatoms. The summed E-state index contributed by atoms with van der Waals surface area (Å²) in [5, 5.41) is 14.7. The van der Waals surface area contributed by atoms with Crippen molar-refractivity contribution in [1.29, 1.82) is 0 Å². The average molecular weight is 403 g/mol. The molecule has 2 aromatic rings. The first-order chi connectivity index (χ1) is 14.2. The number of hydrogen-bond acceptors (Lipinski definition) is 5. The fourth-order valence-corrected chi connectivity index (χ4v) is 2.92. The molecular weight excluding hydrogens is 368 g/mol. The number of aryl methyl sites for hydroxylation is 1. The summed E-state index contributed by atoms with van der Waals surface area (Å²) in [4.78, 5) is 4.69. The smallest absolute Gasteiger partial charge is 0.191 e. The van der Waals surface area contributed by atoms with E-state index in [2.05, 4.69) is 50.3 Å². The van der Waals surface area contributed by atoms with Crippen LogP contribution in [0.3, 0.4) is 0 Å². The Morgan fingerprint density at radius 1 is 1.07 bits per heavy atom. The van der Waals surface area contributed by atoms with Crippen LogP contribution in [0.2, 0.25) is 0 Å². The molecule has 1 heterocycles. The molecule has 0 saturated heterocycles. The molecule has 1 aromatic heterocycles. The molecule has 8 nitrogen and oxygen atoms in total. The second-order valence-electron chi connectivity index (χ2n) is 6.38. The van der Waals surface area contributed by atoms with Gasteiger partial charge >= 0.3 is 0 Å². The molecule has 0 bridgehead atoms. The Bertz CT molecular complexity index is 759. The molecule has 1 aromatic carbocycles. The fraction of sp³-hybridized carbons (Fsp3) is 0.571. The second kappa shape index (κ2) is 12.6. The fourth-order valence-electron chi connectivity index (χ4n) is 2.92. The van der Waals surface area contributed by atoms with E-state index in [1.807, 2.05) is 26.0 Å². The van der Waals surface area contributed by atoms with Crippen molar-refractivity contribution < 1.29 is 9.47 Å². The van der Waals surface area contributed by atoms with Crippen molar-refractivity contribution in [1.82, 2.24) is 25.4 Å². The first-order valence-electron chi connectivity index (χ1n) is 10.5. The van der Waals surface area contributed by atoms with Gasteiger partial charge in [-0.2, -0.15) is 0 Å². The molecule has 0 radical (unpaired) electrons. The van der Waals surface area contributed by atoms with Crippen molar-refractivity contribution in [2.75, 3.05) is 32.8 Å². The van der Waals surface area contributed by atoms with E-state index in [9.17, 15) is 0 Å². The minimum Gasteiger partial charge on any atom is -0.490 e. The number of rotatable bonds is 12. The van der Waals surface area contributed by atoms with E-state index >= 15 is 0 Å². The number of nitrogens with zero attached hydrogens (tertiary/aromatic N) is 4. The van der Waals surface area contributed by atoms with Gasteiger partial charge in [0.15, 0.2) is 17.5 Å². The predicted octanol–water partition coefficient (Wildman–Crippen LogP) is 2.44. The molecule has 29 heavy (non-hydrogen) atoms. The van der Waals surface area contributed by atoms with Crippen molar-refractivity contribution in [3.05, 3.63) is 35.9 Å². The number of aliphatic imine (C=N–C) groups is 1. The molecule has 0 amide bonds. The van der Waals surface area contributed by atoms with Crippen LogP contribution >= 0.6 is 0 Å². The molecule has 0 fully saturated rings. The first-order valence-corrected chi connectivity index (χ1v) is 10.5. The summed E-state index contributed by atoms with van der Waals surface area (Å²) in [6, 6.07) is 6.09. The number of hydrogen-bond donors (Lipinski definition) is 2. The Kier molecular flexibility index (Phi) is 9.82. The molecular formula is C21H34N6O2. The molecule has 0 atom stereocenters. The van der Waals surface area contributed by atoms with Gasteiger partial charge in [-0.3, -0.25) is 4.99 Å². The summed E-state index contributed by atoms with van der Waals surface area (Å²) in [7, 11) is 0. The van der Waals surface area contributed by atoms with E-state index in [1.165, 1.54) is 5.56 Å². The number of ether oxygens (including phenoxy) is 2. The maximum atomic E-state index is 5.71. The standard InChI is InChI=1S/C21H34N6O2/c1-5-20-26-25-16-27(20)14-13-24-21(22-6-2)23-12-11-17-9-10-18(28-7-3)19(15-17)29-8-4/h9-10,15-16H,5-8,11-14H2,1-4H3,(H2,22,23,24). The van der Waals surface area contributed by atoms with Gasteiger partial charge in [-0.15, -0.1) is 10.2 Å². The molecule has 0 spiro atoms. The van der Waals surface area contributed by atoms with Crippen LogP contribution in [-0.4, -0.2) is 53.6 Å². The first kappa shape index (κ1) is 22.5. The minimum absolute atomic E-state index is 0.613. The summed E-state index contributed by atoms with van der Waals surface area (Å²) < 4.78 is 13.4. The number of aromatic nitrogens is 3. The molecule has 0 saturated carbocycles. The monoisotopic (exact) mass is 402 g/mol. The van der Waals surface area contributed by atoms with Gasteiger partial charge in [0, 0.05) is 32.6 Å². The summed E-state index contributed by atoms with van der Waals surface area (Å²) in [5.74, 6) is 3.39. The Morgan fingerprint density at radius 3 is 2.59 bits per heavy atom. The third-order valence-electron chi connectivity index (χ3n) is 4.28. The Balaban J connectivity index is 1.90. The molecule has 0 aliphatic carbocycles. The van der Waals surface area contributed by atoms with Crippen LogP contribution in [0.4, 0.5) is 0 Å². The highest BCUT2D eigenvalue weighted by atomic mass is 16.5. The molecule has 0 aliphatic rings. The van der Waals surface area contributed by atoms with E-state index in [1.54, 1.807) is 6.33 Å². The third-order valence-corrected chi connectivity index (χ3v) is 4.28. The van der Waals surface area contributed by atoms with Gasteiger partial charge in [-0.25, -0.2) is 0 Å². The summed E-state index contributed by atoms with van der Waals surface area (Å²) in [5.41, 5.74) is 1.17. The van der Waals surface area contributed by atoms with Crippen LogP contribution < -0.4 is 20.1 Å². The van der Waals surface area contributed by atoms with E-state index in [-0.39, 0.29) is 0 Å². The summed E-state index contributed by atoms with van der Waals surface area (Å²) >= 11 is 0. The lowest BCUT2D eigenvalue weighted by Crippen LogP contribution is -2.39. The van der Waals surface area contributed by atoms with E-state index in [0.717, 1.165) is 55.8 Å². The van der Waals surface area contributed by atoms with E-state index < -0.39 is 0 Å². The van der Waals surface area contributed by atoms with Gasteiger partial charge < -0.3 is 24.7 Å². The van der Waals surface area contributed by atoms with Crippen LogP contribution in [0.5, 0.6) is 11.5 Å². The second-order valence-corrected chi connectivity index (χ2v) is 6.38. The van der Waals surface area contributed by atoms with Gasteiger partial charge in [-0.05, 0) is 44.9 Å². The Labute approximate surface area is 173 Å². The molecule has 160 valence electrons. The van der Waals surface area contributed by atoms with Crippen LogP contribution in [0.1, 0.15) is 39.1 Å². The average Bonchev–Trinajstić information content (AvgIpc) is 3.18. The topological polar surface area (TPSA) is 85.6 Å². The van der Waals surface area contributed by atoms with E-state index in [0.29, 0.717) is 19.8 Å². The predicted molar refractivity (Wildman–Crippen MR) is 116 cm³/mol. The largest absolute Gasteiger partial charge is 0.490 e. The van der Waals surface area contributed by atoms with Gasteiger partial charge in [0.05, 0.1) is 13.2 Å². The highest BCUT2D eigenvalue weighted by molar-refractivity contribution is 5.79. The van der Waals surface area contributed by atoms with Crippen LogP contribution in [0.15, 0.2) is 29.5 Å². The lowest BCUT2D eigenvalue weighted by molar-refractivity contribution is 0.287. The van der Waals surface area contributed by atoms with Crippen LogP contribution in [-0.2, 0) is 19.4 Å². The highest BCUT2D eigenvalue weighted by Gasteiger charge is 2.06. The van der Waals surface area contributed by atoms with Crippen LogP contribution in [0.25, 0.3) is 0 Å². The van der Waals surface area contributed by atoms with Crippen molar-refractivity contribution >= 4 is 5.96 Å². The Hall–Kier alpha value is -2.77. The lowest BCUT2D eigenvalue weighted by atomic mass is 10.1. The molecule has 0 aliphatic heterocycles. The lowest BCUT2D eigenvalue weighted by Gasteiger charge is -2.13. The van der Waals surface area contributed by atoms with E-state index in [4.69, 9.17) is 9.47 Å². The normalized spacial score (nSPS) is 11.4. The van der Waals surface area contributed by atoms with Gasteiger partial charge in [0.2, 0.25) is 0 Å². The zero-order valence-corrected chi connectivity index (χ0v) is 18.1. The van der Waals surface area contributed by atoms with Crippen molar-refractivity contribution in [3.8, 4) is 11.5 Å². The Morgan fingerprint density at radius 2 is 1.86 bits per heavy atom. The quantitative estimate of drug-likeness (QED) is 0.419. The summed E-state index contributed by atoms with van der Waals surface area (Å²) in [6.07, 6.45) is 3.47. The molecule has 0 unspecified atom stereocenters. The van der Waals surface area contributed by atoms with Gasteiger partial charge in [0.25, 0.3) is 0 Å².